The normalized spacial score (nSPS) is 15.2. The zero-order chi connectivity index (χ0) is 18.1. The number of phenolic OH excluding ortho intramolecular Hbond substituents is 1. The van der Waals surface area contributed by atoms with Crippen molar-refractivity contribution in [3.8, 4) is 11.5 Å². The van der Waals surface area contributed by atoms with Crippen LogP contribution in [0.1, 0.15) is 17.2 Å². The molecule has 0 fully saturated rings. The SMILES string of the molecule is COc1ccc(Nc2ncnc3c2CC(c2cccc(N)c2)N3)cc1O. The molecule has 7 nitrogen and oxygen atoms in total. The van der Waals surface area contributed by atoms with Crippen LogP contribution in [0, 0.1) is 0 Å². The second-order valence-electron chi connectivity index (χ2n) is 6.13. The van der Waals surface area contributed by atoms with Gasteiger partial charge in [0.15, 0.2) is 11.5 Å². The molecule has 1 aromatic heterocycles. The summed E-state index contributed by atoms with van der Waals surface area (Å²) < 4.78 is 5.07. The number of nitrogen functional groups attached to an aromatic ring is 1. The van der Waals surface area contributed by atoms with Crippen LogP contribution in [0.4, 0.5) is 23.0 Å². The Labute approximate surface area is 150 Å². The molecule has 1 unspecified atom stereocenters. The molecule has 0 saturated carbocycles. The Kier molecular flexibility index (Phi) is 3.96. The van der Waals surface area contributed by atoms with Crippen molar-refractivity contribution in [2.24, 2.45) is 0 Å². The molecule has 3 aromatic rings. The molecule has 0 spiro atoms. The number of aromatic nitrogens is 2. The van der Waals surface area contributed by atoms with Gasteiger partial charge in [-0.1, -0.05) is 12.1 Å². The monoisotopic (exact) mass is 349 g/mol. The van der Waals surface area contributed by atoms with Crippen molar-refractivity contribution in [2.75, 3.05) is 23.5 Å². The van der Waals surface area contributed by atoms with E-state index in [1.54, 1.807) is 12.1 Å². The van der Waals surface area contributed by atoms with Crippen LogP contribution in [0.25, 0.3) is 0 Å². The maximum atomic E-state index is 9.96. The lowest BCUT2D eigenvalue weighted by molar-refractivity contribution is 0.373. The van der Waals surface area contributed by atoms with Crippen molar-refractivity contribution in [3.05, 3.63) is 59.9 Å². The van der Waals surface area contributed by atoms with Crippen LogP contribution in [0.15, 0.2) is 48.8 Å². The van der Waals surface area contributed by atoms with E-state index in [0.717, 1.165) is 34.7 Å². The molecule has 1 atom stereocenters. The number of nitrogens with two attached hydrogens (primary N) is 1. The van der Waals surface area contributed by atoms with Gasteiger partial charge < -0.3 is 26.2 Å². The molecule has 0 radical (unpaired) electrons. The van der Waals surface area contributed by atoms with Crippen LogP contribution in [0.5, 0.6) is 11.5 Å². The van der Waals surface area contributed by atoms with E-state index < -0.39 is 0 Å². The largest absolute Gasteiger partial charge is 0.504 e. The first-order chi connectivity index (χ1) is 12.6. The molecule has 4 rings (SSSR count). The number of aromatic hydroxyl groups is 1. The fraction of sp³-hybridized carbons (Fsp3) is 0.158. The molecule has 7 heteroatoms. The van der Waals surface area contributed by atoms with Gasteiger partial charge in [-0.3, -0.25) is 0 Å². The lowest BCUT2D eigenvalue weighted by Crippen LogP contribution is -2.06. The van der Waals surface area contributed by atoms with Crippen molar-refractivity contribution in [3.63, 3.8) is 0 Å². The van der Waals surface area contributed by atoms with Gasteiger partial charge in [-0.25, -0.2) is 9.97 Å². The quantitative estimate of drug-likeness (QED) is 0.536. The van der Waals surface area contributed by atoms with Gasteiger partial charge in [0.25, 0.3) is 0 Å². The first-order valence-corrected chi connectivity index (χ1v) is 8.24. The Hall–Kier alpha value is -3.48. The number of nitrogens with zero attached hydrogens (tertiary/aromatic N) is 2. The third-order valence-corrected chi connectivity index (χ3v) is 4.42. The summed E-state index contributed by atoms with van der Waals surface area (Å²) in [4.78, 5) is 8.71. The van der Waals surface area contributed by atoms with Crippen LogP contribution in [-0.2, 0) is 6.42 Å². The molecule has 2 aromatic carbocycles. The molecule has 0 saturated heterocycles. The molecule has 0 bridgehead atoms. The summed E-state index contributed by atoms with van der Waals surface area (Å²) in [6.07, 6.45) is 2.25. The molecule has 0 aliphatic carbocycles. The van der Waals surface area contributed by atoms with Crippen LogP contribution in [-0.4, -0.2) is 22.2 Å². The minimum atomic E-state index is 0.0685. The fourth-order valence-electron chi connectivity index (χ4n) is 3.14. The van der Waals surface area contributed by atoms with Gasteiger partial charge in [0.05, 0.1) is 13.2 Å². The van der Waals surface area contributed by atoms with Gasteiger partial charge in [-0.05, 0) is 29.8 Å². The number of hydrogen-bond acceptors (Lipinski definition) is 7. The van der Waals surface area contributed by atoms with E-state index in [0.29, 0.717) is 11.6 Å². The van der Waals surface area contributed by atoms with Gasteiger partial charge in [0.2, 0.25) is 0 Å². The van der Waals surface area contributed by atoms with Gasteiger partial charge >= 0.3 is 0 Å². The van der Waals surface area contributed by atoms with Gasteiger partial charge in [-0.15, -0.1) is 0 Å². The highest BCUT2D eigenvalue weighted by Crippen LogP contribution is 2.38. The number of benzene rings is 2. The van der Waals surface area contributed by atoms with Crippen molar-refractivity contribution >= 4 is 23.0 Å². The number of phenols is 1. The summed E-state index contributed by atoms with van der Waals surface area (Å²) in [5.41, 5.74) is 9.46. The van der Waals surface area contributed by atoms with E-state index in [9.17, 15) is 5.11 Å². The van der Waals surface area contributed by atoms with E-state index in [-0.39, 0.29) is 11.8 Å². The zero-order valence-corrected chi connectivity index (χ0v) is 14.2. The second kappa shape index (κ2) is 6.44. The highest BCUT2D eigenvalue weighted by atomic mass is 16.5. The first-order valence-electron chi connectivity index (χ1n) is 8.24. The number of fused-ring (bicyclic) bond motifs is 1. The number of methoxy groups -OCH3 is 1. The van der Waals surface area contributed by atoms with E-state index >= 15 is 0 Å². The molecule has 1 aliphatic heterocycles. The number of nitrogens with one attached hydrogen (secondary N) is 2. The van der Waals surface area contributed by atoms with Gasteiger partial charge in [-0.2, -0.15) is 0 Å². The number of hydrogen-bond donors (Lipinski definition) is 4. The van der Waals surface area contributed by atoms with Crippen LogP contribution in [0.2, 0.25) is 0 Å². The van der Waals surface area contributed by atoms with Crippen molar-refractivity contribution in [2.45, 2.75) is 12.5 Å². The molecule has 132 valence electrons. The van der Waals surface area contributed by atoms with Crippen molar-refractivity contribution in [1.29, 1.82) is 0 Å². The molecule has 0 amide bonds. The lowest BCUT2D eigenvalue weighted by Gasteiger charge is -2.11. The number of rotatable bonds is 4. The van der Waals surface area contributed by atoms with E-state index in [1.165, 1.54) is 13.4 Å². The zero-order valence-electron chi connectivity index (χ0n) is 14.2. The van der Waals surface area contributed by atoms with Gasteiger partial charge in [0.1, 0.15) is 18.0 Å². The van der Waals surface area contributed by atoms with Gasteiger partial charge in [0, 0.05) is 29.4 Å². The summed E-state index contributed by atoms with van der Waals surface area (Å²) in [6, 6.07) is 13.0. The molecular weight excluding hydrogens is 330 g/mol. The Morgan fingerprint density at radius 3 is 2.88 bits per heavy atom. The Balaban J connectivity index is 1.60. The van der Waals surface area contributed by atoms with Crippen molar-refractivity contribution < 1.29 is 9.84 Å². The molecule has 2 heterocycles. The Morgan fingerprint density at radius 1 is 1.23 bits per heavy atom. The highest BCUT2D eigenvalue weighted by molar-refractivity contribution is 5.69. The lowest BCUT2D eigenvalue weighted by atomic mass is 10.0. The van der Waals surface area contributed by atoms with E-state index in [1.807, 2.05) is 30.3 Å². The molecular formula is C19H19N5O2. The summed E-state index contributed by atoms with van der Waals surface area (Å²) in [6.45, 7) is 0. The maximum Gasteiger partial charge on any atom is 0.160 e. The molecule has 26 heavy (non-hydrogen) atoms. The second-order valence-corrected chi connectivity index (χ2v) is 6.13. The average Bonchev–Trinajstić information content (AvgIpc) is 3.07. The number of ether oxygens (including phenoxy) is 1. The number of anilines is 4. The predicted molar refractivity (Wildman–Crippen MR) is 101 cm³/mol. The molecule has 1 aliphatic rings. The topological polar surface area (TPSA) is 105 Å². The minimum absolute atomic E-state index is 0.0685. The molecule has 5 N–H and O–H groups in total. The summed E-state index contributed by atoms with van der Waals surface area (Å²) in [5.74, 6) is 2.00. The maximum absolute atomic E-state index is 9.96. The Bertz CT molecular complexity index is 960. The van der Waals surface area contributed by atoms with Crippen LogP contribution < -0.4 is 21.1 Å². The summed E-state index contributed by atoms with van der Waals surface area (Å²) in [7, 11) is 1.52. The standard InChI is InChI=1S/C19H19N5O2/c1-26-17-6-5-13(8-16(17)25)23-18-14-9-15(24-19(14)22-10-21-18)11-3-2-4-12(20)7-11/h2-8,10,15,25H,9,20H2,1H3,(H2,21,22,23,24). The average molecular weight is 349 g/mol. The van der Waals surface area contributed by atoms with E-state index in [4.69, 9.17) is 10.5 Å². The highest BCUT2D eigenvalue weighted by Gasteiger charge is 2.26. The predicted octanol–water partition coefficient (Wildman–Crippen LogP) is 3.23. The van der Waals surface area contributed by atoms with Crippen LogP contribution >= 0.6 is 0 Å². The fourth-order valence-corrected chi connectivity index (χ4v) is 3.14. The van der Waals surface area contributed by atoms with Crippen LogP contribution in [0.3, 0.4) is 0 Å². The third kappa shape index (κ3) is 2.95. The van der Waals surface area contributed by atoms with Crippen molar-refractivity contribution in [1.82, 2.24) is 9.97 Å². The summed E-state index contributed by atoms with van der Waals surface area (Å²) in [5, 5.41) is 16.6. The summed E-state index contributed by atoms with van der Waals surface area (Å²) >= 11 is 0. The Morgan fingerprint density at radius 2 is 2.12 bits per heavy atom. The third-order valence-electron chi connectivity index (χ3n) is 4.42. The minimum Gasteiger partial charge on any atom is -0.504 e. The first kappa shape index (κ1) is 16.0. The van der Waals surface area contributed by atoms with E-state index in [2.05, 4.69) is 20.6 Å². The smallest absolute Gasteiger partial charge is 0.160 e.